The fraction of sp³-hybridized carbons (Fsp3) is 0.400. The summed E-state index contributed by atoms with van der Waals surface area (Å²) in [5.41, 5.74) is 5.51. The minimum atomic E-state index is 0. The van der Waals surface area contributed by atoms with E-state index < -0.39 is 0 Å². The predicted molar refractivity (Wildman–Crippen MR) is 89.1 cm³/mol. The molecule has 3 rings (SSSR count). The van der Waals surface area contributed by atoms with Crippen molar-refractivity contribution in [2.75, 3.05) is 0 Å². The van der Waals surface area contributed by atoms with Crippen LogP contribution in [0.3, 0.4) is 0 Å². The molecule has 0 aromatic heterocycles. The Morgan fingerprint density at radius 2 is 1.25 bits per heavy atom. The minimum absolute atomic E-state index is 0. The van der Waals surface area contributed by atoms with Gasteiger partial charge in [-0.3, -0.25) is 0 Å². The first-order valence-electron chi connectivity index (χ1n) is 7.89. The second-order valence-corrected chi connectivity index (χ2v) is 6.44. The van der Waals surface area contributed by atoms with E-state index in [0.29, 0.717) is 0 Å². The molecule has 0 atom stereocenters. The molecule has 0 amide bonds. The highest BCUT2D eigenvalue weighted by molar-refractivity contribution is 5.64. The van der Waals surface area contributed by atoms with Gasteiger partial charge in [-0.05, 0) is 48.3 Å². The van der Waals surface area contributed by atoms with Crippen LogP contribution in [0.5, 0.6) is 0 Å². The number of rotatable bonds is 2. The van der Waals surface area contributed by atoms with Crippen molar-refractivity contribution in [2.45, 2.75) is 45.4 Å². The predicted octanol–water partition coefficient (Wildman–Crippen LogP) is 6.20. The van der Waals surface area contributed by atoms with Crippen LogP contribution in [0, 0.1) is 12.8 Å². The monoisotopic (exact) mass is 266 g/mol. The Balaban J connectivity index is 0.00000161. The first-order valence-corrected chi connectivity index (χ1v) is 7.89. The van der Waals surface area contributed by atoms with E-state index in [-0.39, 0.29) is 1.43 Å². The molecule has 1 aliphatic rings. The fourth-order valence-electron chi connectivity index (χ4n) is 3.29. The molecule has 1 aliphatic carbocycles. The van der Waals surface area contributed by atoms with Gasteiger partial charge in [-0.2, -0.15) is 0 Å². The van der Waals surface area contributed by atoms with Crippen molar-refractivity contribution in [1.82, 2.24) is 0 Å². The van der Waals surface area contributed by atoms with Crippen LogP contribution in [-0.2, 0) is 0 Å². The molecule has 0 heterocycles. The first-order chi connectivity index (χ1) is 9.72. The number of hydrogen-bond acceptors (Lipinski definition) is 0. The van der Waals surface area contributed by atoms with Crippen LogP contribution in [0.25, 0.3) is 11.1 Å². The van der Waals surface area contributed by atoms with E-state index in [4.69, 9.17) is 0 Å². The molecule has 1 saturated carbocycles. The Labute approximate surface area is 124 Å². The molecule has 0 heteroatoms. The van der Waals surface area contributed by atoms with Crippen LogP contribution in [-0.4, -0.2) is 0 Å². The van der Waals surface area contributed by atoms with Crippen molar-refractivity contribution in [3.8, 4) is 11.1 Å². The quantitative estimate of drug-likeness (QED) is 0.607. The third kappa shape index (κ3) is 2.95. The second-order valence-electron chi connectivity index (χ2n) is 6.44. The second kappa shape index (κ2) is 5.83. The van der Waals surface area contributed by atoms with Gasteiger partial charge in [0.05, 0.1) is 0 Å². The summed E-state index contributed by atoms with van der Waals surface area (Å²) in [5, 5.41) is 0. The summed E-state index contributed by atoms with van der Waals surface area (Å²) in [5.74, 6) is 1.72. The molecule has 106 valence electrons. The number of aryl methyl sites for hydroxylation is 1. The summed E-state index contributed by atoms with van der Waals surface area (Å²) in [6, 6.07) is 18.1. The summed E-state index contributed by atoms with van der Waals surface area (Å²) < 4.78 is 0. The van der Waals surface area contributed by atoms with Crippen LogP contribution in [0.2, 0.25) is 0 Å². The molecule has 0 bridgehead atoms. The van der Waals surface area contributed by atoms with E-state index in [2.05, 4.69) is 62.4 Å². The molecule has 2 aromatic carbocycles. The van der Waals surface area contributed by atoms with Crippen LogP contribution in [0.1, 0.15) is 51.1 Å². The third-order valence-corrected chi connectivity index (χ3v) is 4.78. The lowest BCUT2D eigenvalue weighted by Gasteiger charge is -2.26. The minimum Gasteiger partial charge on any atom is -0.0625 e. The van der Waals surface area contributed by atoms with Gasteiger partial charge in [-0.25, -0.2) is 0 Å². The lowest BCUT2D eigenvalue weighted by molar-refractivity contribution is 0.348. The van der Waals surface area contributed by atoms with E-state index in [1.807, 2.05) is 0 Å². The van der Waals surface area contributed by atoms with Crippen LogP contribution < -0.4 is 0 Å². The van der Waals surface area contributed by atoms with Crippen molar-refractivity contribution in [2.24, 2.45) is 5.92 Å². The van der Waals surface area contributed by atoms with E-state index in [9.17, 15) is 0 Å². The lowest BCUT2D eigenvalue weighted by Crippen LogP contribution is -2.10. The van der Waals surface area contributed by atoms with Gasteiger partial charge in [0.15, 0.2) is 0 Å². The Hall–Kier alpha value is -1.56. The summed E-state index contributed by atoms with van der Waals surface area (Å²) in [4.78, 5) is 0. The highest BCUT2D eigenvalue weighted by Gasteiger charge is 2.19. The van der Waals surface area contributed by atoms with Gasteiger partial charge in [-0.15, -0.1) is 0 Å². The Bertz CT molecular complexity index is 545. The highest BCUT2D eigenvalue weighted by atomic mass is 14.2. The lowest BCUT2D eigenvalue weighted by atomic mass is 9.79. The maximum Gasteiger partial charge on any atom is 0 e. The molecule has 0 spiro atoms. The molecule has 2 aromatic rings. The van der Waals surface area contributed by atoms with Gasteiger partial charge < -0.3 is 0 Å². The molecule has 0 aliphatic heterocycles. The topological polar surface area (TPSA) is 0 Å². The standard InChI is InChI=1S/C20H24.H2/c1-15-3-7-17(8-4-15)19-11-13-20(14-12-19)18-9-5-16(2)6-10-18;/h3-4,7-8,11-14,16,18H,5-6,9-10H2,1-2H3;1H. The molecule has 0 radical (unpaired) electrons. The van der Waals surface area contributed by atoms with E-state index in [1.54, 1.807) is 0 Å². The van der Waals surface area contributed by atoms with Crippen LogP contribution in [0.4, 0.5) is 0 Å². The van der Waals surface area contributed by atoms with E-state index >= 15 is 0 Å². The van der Waals surface area contributed by atoms with Crippen LogP contribution in [0.15, 0.2) is 48.5 Å². The Morgan fingerprint density at radius 3 is 1.80 bits per heavy atom. The van der Waals surface area contributed by atoms with Crippen molar-refractivity contribution in [3.05, 3.63) is 59.7 Å². The van der Waals surface area contributed by atoms with Gasteiger partial charge in [0, 0.05) is 1.43 Å². The number of benzene rings is 2. The maximum absolute atomic E-state index is 2.39. The summed E-state index contributed by atoms with van der Waals surface area (Å²) in [6.45, 7) is 4.52. The van der Waals surface area contributed by atoms with Crippen LogP contribution >= 0.6 is 0 Å². The molecule has 20 heavy (non-hydrogen) atoms. The average molecular weight is 266 g/mol. The Kier molecular flexibility index (Phi) is 3.91. The van der Waals surface area contributed by atoms with Gasteiger partial charge in [-0.1, -0.05) is 73.9 Å². The van der Waals surface area contributed by atoms with E-state index in [1.165, 1.54) is 47.9 Å². The zero-order chi connectivity index (χ0) is 13.9. The molecule has 0 saturated heterocycles. The molecular weight excluding hydrogens is 240 g/mol. The third-order valence-electron chi connectivity index (χ3n) is 4.78. The normalized spacial score (nSPS) is 22.7. The van der Waals surface area contributed by atoms with Crippen molar-refractivity contribution in [3.63, 3.8) is 0 Å². The fourth-order valence-corrected chi connectivity index (χ4v) is 3.29. The van der Waals surface area contributed by atoms with Gasteiger partial charge >= 0.3 is 0 Å². The summed E-state index contributed by atoms with van der Waals surface area (Å²) >= 11 is 0. The average Bonchev–Trinajstić information content (AvgIpc) is 2.49. The number of hydrogen-bond donors (Lipinski definition) is 0. The largest absolute Gasteiger partial charge is 0.0625 e. The van der Waals surface area contributed by atoms with Gasteiger partial charge in [0.1, 0.15) is 0 Å². The molecule has 1 fully saturated rings. The molecular formula is C20H26. The Morgan fingerprint density at radius 1 is 0.750 bits per heavy atom. The highest BCUT2D eigenvalue weighted by Crippen LogP contribution is 2.36. The van der Waals surface area contributed by atoms with E-state index in [0.717, 1.165) is 11.8 Å². The van der Waals surface area contributed by atoms with Crippen molar-refractivity contribution < 1.29 is 1.43 Å². The zero-order valence-electron chi connectivity index (χ0n) is 12.6. The zero-order valence-corrected chi connectivity index (χ0v) is 12.6. The molecule has 0 N–H and O–H groups in total. The molecule has 0 nitrogen and oxygen atoms in total. The van der Waals surface area contributed by atoms with Gasteiger partial charge in [0.25, 0.3) is 0 Å². The SMILES string of the molecule is Cc1ccc(-c2ccc(C3CCC(C)CC3)cc2)cc1.[HH]. The maximum atomic E-state index is 2.39. The first kappa shape index (κ1) is 13.4. The molecule has 0 unspecified atom stereocenters. The summed E-state index contributed by atoms with van der Waals surface area (Å²) in [6.07, 6.45) is 5.52. The van der Waals surface area contributed by atoms with Crippen molar-refractivity contribution >= 4 is 0 Å². The van der Waals surface area contributed by atoms with Crippen molar-refractivity contribution in [1.29, 1.82) is 0 Å². The van der Waals surface area contributed by atoms with Gasteiger partial charge in [0.2, 0.25) is 0 Å². The summed E-state index contributed by atoms with van der Waals surface area (Å²) in [7, 11) is 0. The smallest absolute Gasteiger partial charge is 0 e.